The average molecular weight is 415 g/mol. The number of benzene rings is 1. The first-order valence-electron chi connectivity index (χ1n) is 9.08. The van der Waals surface area contributed by atoms with Gasteiger partial charge < -0.3 is 15.2 Å². The molecule has 0 spiro atoms. The normalized spacial score (nSPS) is 24.5. The monoisotopic (exact) mass is 415 g/mol. The molecule has 1 heterocycles. The SMILES string of the molecule is COC(=O)c1c(-c2ccc(F)cc2)csc1NC(=O)[C@@H]1[C@@H](C(=O)O)[C@H]2C=C[C@H]1C2. The van der Waals surface area contributed by atoms with Crippen LogP contribution in [0.25, 0.3) is 11.1 Å². The van der Waals surface area contributed by atoms with Gasteiger partial charge in [0.25, 0.3) is 0 Å². The standard InChI is InChI=1S/C21H18FNO5S/c1-28-21(27)17-14(10-4-6-13(22)7-5-10)9-29-19(17)23-18(24)15-11-2-3-12(8-11)16(15)20(25)26/h2-7,9,11-12,15-16H,8H2,1H3,(H,23,24)(H,25,26)/t11-,12-,15-,16-/m0/s1. The zero-order valence-electron chi connectivity index (χ0n) is 15.4. The van der Waals surface area contributed by atoms with Crippen molar-refractivity contribution in [3.63, 3.8) is 0 Å². The van der Waals surface area contributed by atoms with Crippen LogP contribution in [-0.2, 0) is 14.3 Å². The van der Waals surface area contributed by atoms with Crippen molar-refractivity contribution < 1.29 is 28.6 Å². The van der Waals surface area contributed by atoms with Crippen LogP contribution in [0.1, 0.15) is 16.8 Å². The second kappa shape index (κ2) is 7.44. The number of ether oxygens (including phenoxy) is 1. The van der Waals surface area contributed by atoms with Gasteiger partial charge in [-0.2, -0.15) is 0 Å². The second-order valence-corrected chi connectivity index (χ2v) is 8.06. The van der Waals surface area contributed by atoms with Gasteiger partial charge in [0.2, 0.25) is 5.91 Å². The molecule has 2 bridgehead atoms. The summed E-state index contributed by atoms with van der Waals surface area (Å²) in [5, 5.41) is 14.3. The lowest BCUT2D eigenvalue weighted by Crippen LogP contribution is -2.36. The van der Waals surface area contributed by atoms with E-state index in [-0.39, 0.29) is 22.4 Å². The van der Waals surface area contributed by atoms with Crippen LogP contribution in [0.5, 0.6) is 0 Å². The van der Waals surface area contributed by atoms with Gasteiger partial charge in [0.1, 0.15) is 16.4 Å². The maximum absolute atomic E-state index is 13.3. The van der Waals surface area contributed by atoms with E-state index in [1.54, 1.807) is 5.38 Å². The molecule has 0 radical (unpaired) electrons. The fourth-order valence-corrected chi connectivity index (χ4v) is 5.27. The Balaban J connectivity index is 1.66. The first-order chi connectivity index (χ1) is 13.9. The van der Waals surface area contributed by atoms with Gasteiger partial charge >= 0.3 is 11.9 Å². The molecular formula is C21H18FNO5S. The molecule has 1 fully saturated rings. The number of carboxylic acids is 1. The molecule has 2 aliphatic carbocycles. The second-order valence-electron chi connectivity index (χ2n) is 7.18. The fourth-order valence-electron chi connectivity index (χ4n) is 4.31. The molecule has 4 rings (SSSR count). The van der Waals surface area contributed by atoms with E-state index < -0.39 is 35.5 Å². The third-order valence-corrected chi connectivity index (χ3v) is 6.52. The number of rotatable bonds is 5. The van der Waals surface area contributed by atoms with Gasteiger partial charge in [-0.15, -0.1) is 11.3 Å². The Morgan fingerprint density at radius 2 is 1.79 bits per heavy atom. The Hall–Kier alpha value is -3.00. The summed E-state index contributed by atoms with van der Waals surface area (Å²) in [7, 11) is 1.24. The van der Waals surface area contributed by atoms with Gasteiger partial charge in [0, 0.05) is 10.9 Å². The number of amides is 1. The van der Waals surface area contributed by atoms with Gasteiger partial charge in [0.05, 0.1) is 18.9 Å². The number of carbonyl (C=O) groups is 3. The quantitative estimate of drug-likeness (QED) is 0.572. The number of carbonyl (C=O) groups excluding carboxylic acids is 2. The van der Waals surface area contributed by atoms with Crippen LogP contribution in [0.15, 0.2) is 41.8 Å². The molecule has 2 N–H and O–H groups in total. The van der Waals surface area contributed by atoms with E-state index >= 15 is 0 Å². The number of hydrogen-bond donors (Lipinski definition) is 2. The Kier molecular flexibility index (Phi) is 4.96. The van der Waals surface area contributed by atoms with Crippen molar-refractivity contribution in [1.29, 1.82) is 0 Å². The summed E-state index contributed by atoms with van der Waals surface area (Å²) in [6.07, 6.45) is 4.41. The maximum atomic E-state index is 13.3. The Morgan fingerprint density at radius 3 is 2.41 bits per heavy atom. The van der Waals surface area contributed by atoms with Gasteiger partial charge in [-0.1, -0.05) is 24.3 Å². The van der Waals surface area contributed by atoms with Gasteiger partial charge in [-0.05, 0) is 36.0 Å². The smallest absolute Gasteiger partial charge is 0.341 e. The van der Waals surface area contributed by atoms with Crippen molar-refractivity contribution >= 4 is 34.2 Å². The molecular weight excluding hydrogens is 397 g/mol. The molecule has 0 aliphatic heterocycles. The molecule has 0 unspecified atom stereocenters. The number of allylic oxidation sites excluding steroid dienone is 2. The van der Waals surface area contributed by atoms with E-state index in [9.17, 15) is 23.9 Å². The van der Waals surface area contributed by atoms with Crippen molar-refractivity contribution in [2.24, 2.45) is 23.7 Å². The molecule has 29 heavy (non-hydrogen) atoms. The zero-order chi connectivity index (χ0) is 20.7. The highest BCUT2D eigenvalue weighted by atomic mass is 32.1. The van der Waals surface area contributed by atoms with Crippen LogP contribution in [0.2, 0.25) is 0 Å². The topological polar surface area (TPSA) is 92.7 Å². The fraction of sp³-hybridized carbons (Fsp3) is 0.286. The van der Waals surface area contributed by atoms with Gasteiger partial charge in [0.15, 0.2) is 0 Å². The van der Waals surface area contributed by atoms with E-state index in [4.69, 9.17) is 4.74 Å². The number of anilines is 1. The molecule has 8 heteroatoms. The minimum absolute atomic E-state index is 0.126. The Morgan fingerprint density at radius 1 is 1.14 bits per heavy atom. The van der Waals surface area contributed by atoms with Crippen LogP contribution in [0.3, 0.4) is 0 Å². The number of nitrogens with one attached hydrogen (secondary N) is 1. The summed E-state index contributed by atoms with van der Waals surface area (Å²) in [6, 6.07) is 5.64. The van der Waals surface area contributed by atoms with E-state index in [0.29, 0.717) is 17.5 Å². The summed E-state index contributed by atoms with van der Waals surface area (Å²) < 4.78 is 18.1. The summed E-state index contributed by atoms with van der Waals surface area (Å²) >= 11 is 1.14. The highest BCUT2D eigenvalue weighted by Crippen LogP contribution is 2.49. The minimum Gasteiger partial charge on any atom is -0.481 e. The van der Waals surface area contributed by atoms with Gasteiger partial charge in [-0.25, -0.2) is 9.18 Å². The van der Waals surface area contributed by atoms with Gasteiger partial charge in [-0.3, -0.25) is 9.59 Å². The third kappa shape index (κ3) is 3.33. The molecule has 150 valence electrons. The summed E-state index contributed by atoms with van der Waals surface area (Å²) in [4.78, 5) is 37.1. The number of hydrogen-bond acceptors (Lipinski definition) is 5. The largest absolute Gasteiger partial charge is 0.481 e. The maximum Gasteiger partial charge on any atom is 0.341 e. The number of carboxylic acid groups (broad SMARTS) is 1. The van der Waals surface area contributed by atoms with Crippen LogP contribution in [0.4, 0.5) is 9.39 Å². The number of halogens is 1. The summed E-state index contributed by atoms with van der Waals surface area (Å²) in [5.74, 6) is -4.19. The zero-order valence-corrected chi connectivity index (χ0v) is 16.2. The molecule has 2 aliphatic rings. The molecule has 1 saturated carbocycles. The summed E-state index contributed by atoms with van der Waals surface area (Å²) in [5.41, 5.74) is 1.29. The lowest BCUT2D eigenvalue weighted by atomic mass is 9.82. The lowest BCUT2D eigenvalue weighted by Gasteiger charge is -2.23. The van der Waals surface area contributed by atoms with Crippen molar-refractivity contribution in [2.75, 3.05) is 12.4 Å². The lowest BCUT2D eigenvalue weighted by molar-refractivity contribution is -0.146. The predicted octanol–water partition coefficient (Wildman–Crippen LogP) is 3.80. The molecule has 6 nitrogen and oxygen atoms in total. The number of aliphatic carboxylic acids is 1. The Labute approximate surface area is 170 Å². The summed E-state index contributed by atoms with van der Waals surface area (Å²) in [6.45, 7) is 0. The number of esters is 1. The van der Waals surface area contributed by atoms with Crippen LogP contribution in [0, 0.1) is 29.5 Å². The molecule has 1 amide bonds. The number of methoxy groups -OCH3 is 1. The number of fused-ring (bicyclic) bond motifs is 2. The Bertz CT molecular complexity index is 1010. The first kappa shape index (κ1) is 19.3. The van der Waals surface area contributed by atoms with Crippen molar-refractivity contribution in [3.8, 4) is 11.1 Å². The van der Waals surface area contributed by atoms with E-state index in [1.807, 2.05) is 12.2 Å². The average Bonchev–Trinajstić information content (AvgIpc) is 3.42. The van der Waals surface area contributed by atoms with Crippen LogP contribution < -0.4 is 5.32 Å². The molecule has 1 aromatic heterocycles. The van der Waals surface area contributed by atoms with Crippen molar-refractivity contribution in [3.05, 3.63) is 53.2 Å². The van der Waals surface area contributed by atoms with E-state index in [1.165, 1.54) is 31.4 Å². The minimum atomic E-state index is -0.992. The highest BCUT2D eigenvalue weighted by molar-refractivity contribution is 7.15. The highest BCUT2D eigenvalue weighted by Gasteiger charge is 2.51. The van der Waals surface area contributed by atoms with Crippen LogP contribution in [-0.4, -0.2) is 30.1 Å². The molecule has 4 atom stereocenters. The van der Waals surface area contributed by atoms with E-state index in [0.717, 1.165) is 11.3 Å². The van der Waals surface area contributed by atoms with E-state index in [2.05, 4.69) is 5.32 Å². The molecule has 1 aromatic carbocycles. The molecule has 0 saturated heterocycles. The van der Waals surface area contributed by atoms with Crippen molar-refractivity contribution in [1.82, 2.24) is 0 Å². The first-order valence-corrected chi connectivity index (χ1v) is 9.96. The van der Waals surface area contributed by atoms with Crippen LogP contribution >= 0.6 is 11.3 Å². The van der Waals surface area contributed by atoms with Crippen molar-refractivity contribution in [2.45, 2.75) is 6.42 Å². The molecule has 2 aromatic rings. The third-order valence-electron chi connectivity index (χ3n) is 5.62. The number of thiophene rings is 1. The predicted molar refractivity (Wildman–Crippen MR) is 105 cm³/mol.